The Morgan fingerprint density at radius 2 is 1.63 bits per heavy atom. The van der Waals surface area contributed by atoms with Crippen LogP contribution in [0.1, 0.15) is 38.8 Å². The number of amides is 2. The summed E-state index contributed by atoms with van der Waals surface area (Å²) < 4.78 is 0. The van der Waals surface area contributed by atoms with Gasteiger partial charge in [-0.3, -0.25) is 14.5 Å². The van der Waals surface area contributed by atoms with E-state index in [2.05, 4.69) is 0 Å². The monoisotopic (exact) mass is 276 g/mol. The van der Waals surface area contributed by atoms with Crippen molar-refractivity contribution in [1.82, 2.24) is 4.90 Å². The van der Waals surface area contributed by atoms with Crippen molar-refractivity contribution in [3.05, 3.63) is 34.4 Å². The number of nitrogens with zero attached hydrogens (tertiary/aromatic N) is 1. The van der Waals surface area contributed by atoms with Gasteiger partial charge >= 0.3 is 0 Å². The molecular weight excluding hydrogens is 260 g/mol. The first-order valence-electron chi connectivity index (χ1n) is 6.10. The smallest absolute Gasteiger partial charge is 0.261 e. The van der Waals surface area contributed by atoms with Gasteiger partial charge in [-0.05, 0) is 25.0 Å². The van der Waals surface area contributed by atoms with Gasteiger partial charge in [0.25, 0.3) is 11.8 Å². The number of carbonyl (C=O) groups excluding carboxylic acids is 2. The zero-order chi connectivity index (χ0) is 14.3. The molecule has 0 radical (unpaired) electrons. The van der Waals surface area contributed by atoms with Crippen molar-refractivity contribution in [2.75, 3.05) is 6.54 Å². The van der Waals surface area contributed by atoms with Gasteiger partial charge in [0.15, 0.2) is 0 Å². The van der Waals surface area contributed by atoms with Gasteiger partial charge in [-0.15, -0.1) is 0 Å². The van der Waals surface area contributed by atoms with Crippen LogP contribution in [0.2, 0.25) is 0 Å². The van der Waals surface area contributed by atoms with E-state index < -0.39 is 0 Å². The van der Waals surface area contributed by atoms with Gasteiger partial charge in [0, 0.05) is 12.5 Å². The summed E-state index contributed by atoms with van der Waals surface area (Å²) in [4.78, 5) is 26.3. The Labute approximate surface area is 117 Å². The molecule has 2 amide bonds. The Bertz CT molecular complexity index is 554. The predicted octanol–water partition coefficient (Wildman–Crippen LogP) is 1.82. The molecule has 0 saturated heterocycles. The number of hydrogen-bond donors (Lipinski definition) is 1. The summed E-state index contributed by atoms with van der Waals surface area (Å²) in [5.41, 5.74) is 8.23. The van der Waals surface area contributed by atoms with Crippen molar-refractivity contribution in [2.45, 2.75) is 20.8 Å². The van der Waals surface area contributed by atoms with Crippen LogP contribution in [0, 0.1) is 19.8 Å². The Hall–Kier alpha value is -1.75. The van der Waals surface area contributed by atoms with E-state index in [0.29, 0.717) is 16.1 Å². The molecule has 1 aromatic rings. The summed E-state index contributed by atoms with van der Waals surface area (Å²) in [7, 11) is 0. The molecule has 1 unspecified atom stereocenters. The van der Waals surface area contributed by atoms with E-state index >= 15 is 0 Å². The van der Waals surface area contributed by atoms with Crippen LogP contribution >= 0.6 is 12.2 Å². The van der Waals surface area contributed by atoms with Gasteiger partial charge in [-0.2, -0.15) is 0 Å². The van der Waals surface area contributed by atoms with Gasteiger partial charge in [0.1, 0.15) is 0 Å². The van der Waals surface area contributed by atoms with Gasteiger partial charge in [0.05, 0.1) is 16.1 Å². The molecule has 100 valence electrons. The molecule has 0 bridgehead atoms. The summed E-state index contributed by atoms with van der Waals surface area (Å²) in [5, 5.41) is 0. The zero-order valence-corrected chi connectivity index (χ0v) is 12.0. The standard InChI is InChI=1S/C14H16N2O2S/c1-7-4-5-8(2)11-10(7)13(17)16(14(11)18)6-9(3)12(15)19/h4-5,9H,6H2,1-3H3,(H2,15,19). The third-order valence-electron chi connectivity index (χ3n) is 3.48. The fourth-order valence-corrected chi connectivity index (χ4v) is 2.33. The van der Waals surface area contributed by atoms with E-state index in [9.17, 15) is 9.59 Å². The molecule has 1 atom stereocenters. The number of rotatable bonds is 3. The Morgan fingerprint density at radius 3 is 2.00 bits per heavy atom. The van der Waals surface area contributed by atoms with Crippen molar-refractivity contribution >= 4 is 29.0 Å². The fourth-order valence-electron chi connectivity index (χ4n) is 2.25. The van der Waals surface area contributed by atoms with Crippen molar-refractivity contribution < 1.29 is 9.59 Å². The number of fused-ring (bicyclic) bond motifs is 1. The number of carbonyl (C=O) groups is 2. The van der Waals surface area contributed by atoms with Crippen LogP contribution in [-0.4, -0.2) is 28.2 Å². The molecule has 0 aromatic heterocycles. The number of aryl methyl sites for hydroxylation is 2. The number of benzene rings is 1. The summed E-state index contributed by atoms with van der Waals surface area (Å²) in [6, 6.07) is 3.72. The van der Waals surface area contributed by atoms with Crippen LogP contribution in [0.25, 0.3) is 0 Å². The van der Waals surface area contributed by atoms with Crippen LogP contribution in [0.15, 0.2) is 12.1 Å². The molecule has 1 heterocycles. The topological polar surface area (TPSA) is 63.4 Å². The van der Waals surface area contributed by atoms with Crippen LogP contribution < -0.4 is 5.73 Å². The number of nitrogens with two attached hydrogens (primary N) is 1. The fraction of sp³-hybridized carbons (Fsp3) is 0.357. The maximum absolute atomic E-state index is 12.4. The molecule has 1 aliphatic heterocycles. The molecule has 0 spiro atoms. The van der Waals surface area contributed by atoms with Gasteiger partial charge in [0.2, 0.25) is 0 Å². The van der Waals surface area contributed by atoms with E-state index in [4.69, 9.17) is 18.0 Å². The van der Waals surface area contributed by atoms with Gasteiger partial charge in [-0.1, -0.05) is 31.3 Å². The first-order valence-corrected chi connectivity index (χ1v) is 6.51. The lowest BCUT2D eigenvalue weighted by atomic mass is 9.99. The van der Waals surface area contributed by atoms with Crippen LogP contribution in [0.4, 0.5) is 0 Å². The lowest BCUT2D eigenvalue weighted by Crippen LogP contribution is -2.37. The number of thiocarbonyl (C=S) groups is 1. The average Bonchev–Trinajstić information content (AvgIpc) is 2.59. The van der Waals surface area contributed by atoms with Crippen molar-refractivity contribution in [2.24, 2.45) is 11.7 Å². The van der Waals surface area contributed by atoms with Gasteiger partial charge in [-0.25, -0.2) is 0 Å². The molecule has 1 aromatic carbocycles. The second kappa shape index (κ2) is 4.74. The molecular formula is C14H16N2O2S. The highest BCUT2D eigenvalue weighted by Crippen LogP contribution is 2.29. The molecule has 0 fully saturated rings. The minimum absolute atomic E-state index is 0.183. The summed E-state index contributed by atoms with van der Waals surface area (Å²) >= 11 is 4.90. The zero-order valence-electron chi connectivity index (χ0n) is 11.2. The van der Waals surface area contributed by atoms with E-state index in [1.54, 1.807) is 0 Å². The molecule has 19 heavy (non-hydrogen) atoms. The largest absolute Gasteiger partial charge is 0.393 e. The summed E-state index contributed by atoms with van der Waals surface area (Å²) in [6.45, 7) is 5.72. The number of hydrogen-bond acceptors (Lipinski definition) is 3. The van der Waals surface area contributed by atoms with Crippen LogP contribution in [0.5, 0.6) is 0 Å². The minimum atomic E-state index is -0.246. The molecule has 2 N–H and O–H groups in total. The third kappa shape index (κ3) is 2.14. The number of imide groups is 1. The van der Waals surface area contributed by atoms with E-state index in [0.717, 1.165) is 11.1 Å². The Kier molecular flexibility index (Phi) is 3.41. The predicted molar refractivity (Wildman–Crippen MR) is 77.2 cm³/mol. The maximum atomic E-state index is 12.4. The third-order valence-corrected chi connectivity index (χ3v) is 3.88. The highest BCUT2D eigenvalue weighted by atomic mass is 32.1. The quantitative estimate of drug-likeness (QED) is 0.675. The van der Waals surface area contributed by atoms with E-state index in [-0.39, 0.29) is 24.3 Å². The van der Waals surface area contributed by atoms with Crippen molar-refractivity contribution in [3.8, 4) is 0 Å². The maximum Gasteiger partial charge on any atom is 0.261 e. The Balaban J connectivity index is 2.42. The normalized spacial score (nSPS) is 15.6. The van der Waals surface area contributed by atoms with Crippen molar-refractivity contribution in [1.29, 1.82) is 0 Å². The average molecular weight is 276 g/mol. The second-order valence-corrected chi connectivity index (χ2v) is 5.45. The first kappa shape index (κ1) is 13.7. The summed E-state index contributed by atoms with van der Waals surface area (Å²) in [6.07, 6.45) is 0. The molecule has 0 aliphatic carbocycles. The second-order valence-electron chi connectivity index (χ2n) is 4.97. The first-order chi connectivity index (χ1) is 8.84. The summed E-state index contributed by atoms with van der Waals surface area (Å²) in [5.74, 6) is -0.675. The minimum Gasteiger partial charge on any atom is -0.393 e. The molecule has 1 aliphatic rings. The lowest BCUT2D eigenvalue weighted by Gasteiger charge is -2.18. The molecule has 4 nitrogen and oxygen atoms in total. The van der Waals surface area contributed by atoms with Crippen molar-refractivity contribution in [3.63, 3.8) is 0 Å². The lowest BCUT2D eigenvalue weighted by molar-refractivity contribution is 0.0644. The van der Waals surface area contributed by atoms with E-state index in [1.165, 1.54) is 4.90 Å². The molecule has 0 saturated carbocycles. The van der Waals surface area contributed by atoms with Crippen LogP contribution in [-0.2, 0) is 0 Å². The van der Waals surface area contributed by atoms with Crippen LogP contribution in [0.3, 0.4) is 0 Å². The SMILES string of the molecule is Cc1ccc(C)c2c1C(=O)N(CC(C)C(N)=S)C2=O. The van der Waals surface area contributed by atoms with E-state index in [1.807, 2.05) is 32.9 Å². The molecule has 5 heteroatoms. The highest BCUT2D eigenvalue weighted by molar-refractivity contribution is 7.80. The molecule has 2 rings (SSSR count). The van der Waals surface area contributed by atoms with Gasteiger partial charge < -0.3 is 5.73 Å². The Morgan fingerprint density at radius 1 is 1.21 bits per heavy atom. The highest BCUT2D eigenvalue weighted by Gasteiger charge is 2.38.